The molecule has 0 bridgehead atoms. The van der Waals surface area contributed by atoms with Crippen LogP contribution in [0.3, 0.4) is 0 Å². The van der Waals surface area contributed by atoms with Gasteiger partial charge in [-0.1, -0.05) is 29.8 Å². The van der Waals surface area contributed by atoms with Crippen molar-refractivity contribution in [1.82, 2.24) is 4.90 Å². The molecule has 1 aliphatic rings. The molecule has 2 atom stereocenters. The smallest absolute Gasteiger partial charge is 0.328 e. The molecule has 17 heavy (non-hydrogen) atoms. The van der Waals surface area contributed by atoms with Gasteiger partial charge in [0.25, 0.3) is 0 Å². The Bertz CT molecular complexity index is 293. The summed E-state index contributed by atoms with van der Waals surface area (Å²) in [5, 5.41) is 0. The van der Waals surface area contributed by atoms with Crippen LogP contribution < -0.4 is 0 Å². The van der Waals surface area contributed by atoms with Gasteiger partial charge in [-0.3, -0.25) is 4.79 Å². The highest BCUT2D eigenvalue weighted by Crippen LogP contribution is 2.23. The fourth-order valence-corrected chi connectivity index (χ4v) is 2.68. The highest BCUT2D eigenvalue weighted by atomic mass is 79.9. The first-order valence-corrected chi connectivity index (χ1v) is 6.91. The summed E-state index contributed by atoms with van der Waals surface area (Å²) in [5.41, 5.74) is 0. The molecule has 1 saturated heterocycles. The number of amides is 1. The van der Waals surface area contributed by atoms with Gasteiger partial charge in [-0.2, -0.15) is 0 Å². The summed E-state index contributed by atoms with van der Waals surface area (Å²) in [7, 11) is 1.37. The number of alkyl halides is 1. The van der Waals surface area contributed by atoms with Gasteiger partial charge >= 0.3 is 5.97 Å². The number of carbonyl (C=O) groups excluding carboxylic acids is 2. The molecule has 0 aromatic rings. The second-order valence-electron chi connectivity index (χ2n) is 4.81. The van der Waals surface area contributed by atoms with Crippen LogP contribution in [0.2, 0.25) is 0 Å². The zero-order valence-electron chi connectivity index (χ0n) is 10.6. The number of carbonyl (C=O) groups is 2. The van der Waals surface area contributed by atoms with E-state index in [0.717, 1.165) is 12.8 Å². The van der Waals surface area contributed by atoms with Crippen molar-refractivity contribution < 1.29 is 14.3 Å². The minimum atomic E-state index is -0.437. The van der Waals surface area contributed by atoms with E-state index < -0.39 is 6.04 Å². The van der Waals surface area contributed by atoms with Crippen LogP contribution in [0.5, 0.6) is 0 Å². The van der Waals surface area contributed by atoms with Gasteiger partial charge in [-0.15, -0.1) is 0 Å². The van der Waals surface area contributed by atoms with Crippen molar-refractivity contribution in [3.63, 3.8) is 0 Å². The molecule has 4 nitrogen and oxygen atoms in total. The maximum Gasteiger partial charge on any atom is 0.328 e. The van der Waals surface area contributed by atoms with E-state index >= 15 is 0 Å². The molecule has 1 aliphatic heterocycles. The standard InChI is InChI=1S/C12H20BrNO3/c1-8(2)7-10(12(16)17-3)14-6-4-5-9(13)11(14)15/h8-10H,4-7H2,1-3H3. The van der Waals surface area contributed by atoms with Crippen molar-refractivity contribution >= 4 is 27.8 Å². The Morgan fingerprint density at radius 1 is 1.59 bits per heavy atom. The van der Waals surface area contributed by atoms with E-state index in [4.69, 9.17) is 4.74 Å². The van der Waals surface area contributed by atoms with Gasteiger partial charge < -0.3 is 9.64 Å². The maximum absolute atomic E-state index is 12.0. The number of nitrogens with zero attached hydrogens (tertiary/aromatic N) is 1. The SMILES string of the molecule is COC(=O)C(CC(C)C)N1CCCC(Br)C1=O. The Balaban J connectivity index is 2.81. The van der Waals surface area contributed by atoms with Crippen LogP contribution in [-0.2, 0) is 14.3 Å². The van der Waals surface area contributed by atoms with Crippen molar-refractivity contribution in [3.05, 3.63) is 0 Å². The Kier molecular flexibility index (Phi) is 5.43. The van der Waals surface area contributed by atoms with E-state index in [1.54, 1.807) is 4.90 Å². The van der Waals surface area contributed by atoms with E-state index in [9.17, 15) is 9.59 Å². The van der Waals surface area contributed by atoms with Crippen LogP contribution in [0, 0.1) is 5.92 Å². The number of hydrogen-bond acceptors (Lipinski definition) is 3. The lowest BCUT2D eigenvalue weighted by atomic mass is 9.99. The largest absolute Gasteiger partial charge is 0.467 e. The molecule has 0 radical (unpaired) electrons. The fraction of sp³-hybridized carbons (Fsp3) is 0.833. The van der Waals surface area contributed by atoms with E-state index in [2.05, 4.69) is 15.9 Å². The van der Waals surface area contributed by atoms with E-state index in [1.807, 2.05) is 13.8 Å². The topological polar surface area (TPSA) is 46.6 Å². The Morgan fingerprint density at radius 2 is 2.24 bits per heavy atom. The third-order valence-electron chi connectivity index (χ3n) is 2.95. The summed E-state index contributed by atoms with van der Waals surface area (Å²) in [5.74, 6) is 0.0450. The average Bonchev–Trinajstić information content (AvgIpc) is 2.29. The highest BCUT2D eigenvalue weighted by Gasteiger charge is 2.36. The second kappa shape index (κ2) is 6.38. The third-order valence-corrected chi connectivity index (χ3v) is 3.80. The molecule has 98 valence electrons. The molecule has 1 heterocycles. The van der Waals surface area contributed by atoms with Gasteiger partial charge in [0, 0.05) is 6.54 Å². The van der Waals surface area contributed by atoms with Crippen LogP contribution in [0.4, 0.5) is 0 Å². The molecule has 0 aromatic carbocycles. The van der Waals surface area contributed by atoms with E-state index in [-0.39, 0.29) is 16.7 Å². The molecule has 0 N–H and O–H groups in total. The first-order chi connectivity index (χ1) is 7.97. The van der Waals surface area contributed by atoms with Crippen molar-refractivity contribution in [2.24, 2.45) is 5.92 Å². The van der Waals surface area contributed by atoms with Crippen molar-refractivity contribution in [3.8, 4) is 0 Å². The number of esters is 1. The minimum absolute atomic E-state index is 0.00676. The lowest BCUT2D eigenvalue weighted by Crippen LogP contribution is -2.51. The first-order valence-electron chi connectivity index (χ1n) is 5.99. The molecule has 0 aromatic heterocycles. The van der Waals surface area contributed by atoms with Crippen molar-refractivity contribution in [1.29, 1.82) is 0 Å². The van der Waals surface area contributed by atoms with Gasteiger partial charge in [0.1, 0.15) is 6.04 Å². The van der Waals surface area contributed by atoms with Crippen LogP contribution in [-0.4, -0.2) is 41.3 Å². The number of rotatable bonds is 4. The Morgan fingerprint density at radius 3 is 2.76 bits per heavy atom. The number of piperidine rings is 1. The number of ether oxygens (including phenoxy) is 1. The third kappa shape index (κ3) is 3.69. The predicted octanol–water partition coefficient (Wildman–Crippen LogP) is 1.96. The second-order valence-corrected chi connectivity index (χ2v) is 5.92. The van der Waals surface area contributed by atoms with Crippen LogP contribution >= 0.6 is 15.9 Å². The lowest BCUT2D eigenvalue weighted by Gasteiger charge is -2.35. The minimum Gasteiger partial charge on any atom is -0.467 e. The van der Waals surface area contributed by atoms with Crippen molar-refractivity contribution in [2.75, 3.05) is 13.7 Å². The maximum atomic E-state index is 12.0. The molecule has 5 heteroatoms. The van der Waals surface area contributed by atoms with E-state index in [0.29, 0.717) is 18.9 Å². The molecule has 0 spiro atoms. The monoisotopic (exact) mass is 305 g/mol. The normalized spacial score (nSPS) is 22.8. The Labute approximate surface area is 111 Å². The molecular formula is C12H20BrNO3. The fourth-order valence-electron chi connectivity index (χ4n) is 2.10. The molecule has 1 amide bonds. The molecule has 2 unspecified atom stereocenters. The van der Waals surface area contributed by atoms with Crippen molar-refractivity contribution in [2.45, 2.75) is 44.0 Å². The first kappa shape index (κ1) is 14.5. The molecule has 0 aliphatic carbocycles. The van der Waals surface area contributed by atoms with Gasteiger partial charge in [0.05, 0.1) is 11.9 Å². The zero-order chi connectivity index (χ0) is 13.0. The van der Waals surface area contributed by atoms with E-state index in [1.165, 1.54) is 7.11 Å². The Hall–Kier alpha value is -0.580. The lowest BCUT2D eigenvalue weighted by molar-refractivity contribution is -0.154. The van der Waals surface area contributed by atoms with Gasteiger partial charge in [-0.25, -0.2) is 4.79 Å². The summed E-state index contributed by atoms with van der Waals surface area (Å²) in [6.07, 6.45) is 2.41. The van der Waals surface area contributed by atoms with Crippen LogP contribution in [0.15, 0.2) is 0 Å². The average molecular weight is 306 g/mol. The van der Waals surface area contributed by atoms with Crippen LogP contribution in [0.1, 0.15) is 33.1 Å². The summed E-state index contributed by atoms with van der Waals surface area (Å²) in [6, 6.07) is -0.437. The van der Waals surface area contributed by atoms with Gasteiger partial charge in [0.15, 0.2) is 0 Å². The zero-order valence-corrected chi connectivity index (χ0v) is 12.2. The van der Waals surface area contributed by atoms with Crippen LogP contribution in [0.25, 0.3) is 0 Å². The predicted molar refractivity (Wildman–Crippen MR) is 68.9 cm³/mol. The molecule has 1 rings (SSSR count). The highest BCUT2D eigenvalue weighted by molar-refractivity contribution is 9.10. The summed E-state index contributed by atoms with van der Waals surface area (Å²) in [6.45, 7) is 4.72. The summed E-state index contributed by atoms with van der Waals surface area (Å²) in [4.78, 5) is 25.3. The number of likely N-dealkylation sites (tertiary alicyclic amines) is 1. The molecule has 0 saturated carbocycles. The number of methoxy groups -OCH3 is 1. The number of hydrogen-bond donors (Lipinski definition) is 0. The van der Waals surface area contributed by atoms with Gasteiger partial charge in [0.2, 0.25) is 5.91 Å². The summed E-state index contributed by atoms with van der Waals surface area (Å²) < 4.78 is 4.80. The quantitative estimate of drug-likeness (QED) is 0.589. The molecular weight excluding hydrogens is 286 g/mol. The van der Waals surface area contributed by atoms with Gasteiger partial charge in [-0.05, 0) is 25.2 Å². The summed E-state index contributed by atoms with van der Waals surface area (Å²) >= 11 is 3.36. The number of halogens is 1. The molecule has 1 fully saturated rings.